The van der Waals surface area contributed by atoms with Crippen molar-refractivity contribution < 1.29 is 22.9 Å². The molecule has 2 aromatic rings. The Hall–Kier alpha value is -2.91. The molecule has 7 nitrogen and oxygen atoms in total. The molecule has 1 heterocycles. The van der Waals surface area contributed by atoms with Gasteiger partial charge < -0.3 is 9.88 Å². The lowest BCUT2D eigenvalue weighted by Crippen LogP contribution is -2.37. The molecular formula is C14H12F3N3O4. The Balaban J connectivity index is 2.41. The number of non-ortho nitro benzene ring substituents is 1. The Morgan fingerprint density at radius 2 is 2.00 bits per heavy atom. The molecule has 1 aromatic carbocycles. The summed E-state index contributed by atoms with van der Waals surface area (Å²) in [7, 11) is 0. The number of nitrogens with one attached hydrogen (secondary N) is 1. The summed E-state index contributed by atoms with van der Waals surface area (Å²) in [5, 5.41) is 12.9. The Morgan fingerprint density at radius 1 is 1.33 bits per heavy atom. The molecule has 0 saturated carbocycles. The van der Waals surface area contributed by atoms with Crippen molar-refractivity contribution in [3.8, 4) is 0 Å². The molecule has 1 N–H and O–H groups in total. The number of carbonyl (C=O) groups excluding carboxylic acids is 1. The predicted octanol–water partition coefficient (Wildman–Crippen LogP) is 1.90. The van der Waals surface area contributed by atoms with Crippen molar-refractivity contribution in [2.75, 3.05) is 6.54 Å². The van der Waals surface area contributed by atoms with Crippen LogP contribution in [0.4, 0.5) is 18.9 Å². The standard InChI is InChI=1S/C14H12F3N3O4/c1-8-2-3-10(20(23)24)12-9(8)4-5-19(13(12)22)6-11(21)18-7-14(15,16)17/h2-5H,6-7H2,1H3,(H,18,21). The number of hydrogen-bond donors (Lipinski definition) is 1. The normalized spacial score (nSPS) is 11.5. The van der Waals surface area contributed by atoms with Crippen LogP contribution in [0, 0.1) is 17.0 Å². The summed E-state index contributed by atoms with van der Waals surface area (Å²) in [6.07, 6.45) is -3.35. The maximum atomic E-state index is 12.4. The van der Waals surface area contributed by atoms with Crippen molar-refractivity contribution in [1.82, 2.24) is 9.88 Å². The molecule has 10 heteroatoms. The van der Waals surface area contributed by atoms with E-state index in [1.165, 1.54) is 24.4 Å². The van der Waals surface area contributed by atoms with E-state index in [1.54, 1.807) is 12.2 Å². The van der Waals surface area contributed by atoms with Gasteiger partial charge in [0, 0.05) is 12.3 Å². The zero-order valence-electron chi connectivity index (χ0n) is 12.4. The first kappa shape index (κ1) is 17.4. The van der Waals surface area contributed by atoms with E-state index in [0.29, 0.717) is 10.9 Å². The number of halogens is 3. The van der Waals surface area contributed by atoms with Gasteiger partial charge in [-0.15, -0.1) is 0 Å². The van der Waals surface area contributed by atoms with Gasteiger partial charge in [0.1, 0.15) is 18.5 Å². The molecule has 128 valence electrons. The molecule has 0 fully saturated rings. The first-order valence-corrected chi connectivity index (χ1v) is 6.71. The van der Waals surface area contributed by atoms with E-state index in [2.05, 4.69) is 0 Å². The summed E-state index contributed by atoms with van der Waals surface area (Å²) in [4.78, 5) is 34.3. The van der Waals surface area contributed by atoms with Gasteiger partial charge in [0.15, 0.2) is 0 Å². The number of alkyl halides is 3. The number of fused-ring (bicyclic) bond motifs is 1. The third-order valence-electron chi connectivity index (χ3n) is 3.33. The molecule has 0 saturated heterocycles. The zero-order valence-corrected chi connectivity index (χ0v) is 12.4. The van der Waals surface area contributed by atoms with Crippen molar-refractivity contribution in [2.45, 2.75) is 19.6 Å². The van der Waals surface area contributed by atoms with E-state index in [1.807, 2.05) is 0 Å². The van der Waals surface area contributed by atoms with Crippen LogP contribution in [0.15, 0.2) is 29.2 Å². The Kier molecular flexibility index (Phi) is 4.58. The van der Waals surface area contributed by atoms with Crippen LogP contribution in [0.5, 0.6) is 0 Å². The second-order valence-electron chi connectivity index (χ2n) is 5.09. The van der Waals surface area contributed by atoms with Crippen molar-refractivity contribution >= 4 is 22.4 Å². The Bertz CT molecular complexity index is 874. The molecular weight excluding hydrogens is 331 g/mol. The van der Waals surface area contributed by atoms with Gasteiger partial charge in [0.25, 0.3) is 11.2 Å². The second kappa shape index (κ2) is 6.30. The highest BCUT2D eigenvalue weighted by Gasteiger charge is 2.27. The number of pyridine rings is 1. The van der Waals surface area contributed by atoms with Crippen molar-refractivity contribution in [3.05, 3.63) is 50.4 Å². The topological polar surface area (TPSA) is 94.2 Å². The largest absolute Gasteiger partial charge is 0.405 e. The van der Waals surface area contributed by atoms with E-state index >= 15 is 0 Å². The van der Waals surface area contributed by atoms with Crippen LogP contribution in [0.25, 0.3) is 10.8 Å². The smallest absolute Gasteiger partial charge is 0.345 e. The molecule has 0 radical (unpaired) electrons. The van der Waals surface area contributed by atoms with Crippen molar-refractivity contribution in [2.24, 2.45) is 0 Å². The SMILES string of the molecule is Cc1ccc([N+](=O)[O-])c2c(=O)n(CC(=O)NCC(F)(F)F)ccc12. The van der Waals surface area contributed by atoms with Crippen LogP contribution >= 0.6 is 0 Å². The van der Waals surface area contributed by atoms with Gasteiger partial charge in [0.05, 0.1) is 4.92 Å². The highest BCUT2D eigenvalue weighted by Crippen LogP contribution is 2.25. The summed E-state index contributed by atoms with van der Waals surface area (Å²) >= 11 is 0. The van der Waals surface area contributed by atoms with Crippen LogP contribution in [-0.4, -0.2) is 28.1 Å². The maximum Gasteiger partial charge on any atom is 0.405 e. The van der Waals surface area contributed by atoms with Gasteiger partial charge in [0.2, 0.25) is 5.91 Å². The first-order valence-electron chi connectivity index (χ1n) is 6.71. The molecule has 0 bridgehead atoms. The molecule has 24 heavy (non-hydrogen) atoms. The van der Waals surface area contributed by atoms with E-state index < -0.39 is 41.3 Å². The van der Waals surface area contributed by atoms with Gasteiger partial charge in [-0.05, 0) is 23.9 Å². The quantitative estimate of drug-likeness (QED) is 0.678. The fraction of sp³-hybridized carbons (Fsp3) is 0.286. The number of hydrogen-bond acceptors (Lipinski definition) is 4. The Labute approximate surface area is 132 Å². The minimum absolute atomic E-state index is 0.189. The second-order valence-corrected chi connectivity index (χ2v) is 5.09. The number of benzene rings is 1. The van der Waals surface area contributed by atoms with Gasteiger partial charge in [-0.25, -0.2) is 0 Å². The zero-order chi connectivity index (χ0) is 18.1. The number of amides is 1. The number of nitro benzene ring substituents is 1. The lowest BCUT2D eigenvalue weighted by Gasteiger charge is -2.11. The van der Waals surface area contributed by atoms with Crippen LogP contribution in [0.1, 0.15) is 5.56 Å². The number of aromatic nitrogens is 1. The molecule has 0 aliphatic heterocycles. The van der Waals surface area contributed by atoms with Crippen molar-refractivity contribution in [1.29, 1.82) is 0 Å². The molecule has 0 aliphatic carbocycles. The lowest BCUT2D eigenvalue weighted by atomic mass is 10.1. The average molecular weight is 343 g/mol. The van der Waals surface area contributed by atoms with E-state index in [-0.39, 0.29) is 5.39 Å². The maximum absolute atomic E-state index is 12.4. The number of aryl methyl sites for hydroxylation is 1. The highest BCUT2D eigenvalue weighted by molar-refractivity contribution is 5.92. The van der Waals surface area contributed by atoms with Crippen LogP contribution in [0.2, 0.25) is 0 Å². The number of nitrogens with zero attached hydrogens (tertiary/aromatic N) is 2. The third kappa shape index (κ3) is 3.70. The third-order valence-corrected chi connectivity index (χ3v) is 3.33. The fourth-order valence-electron chi connectivity index (χ4n) is 2.21. The summed E-state index contributed by atoms with van der Waals surface area (Å²) in [6, 6.07) is 4.07. The molecule has 0 unspecified atom stereocenters. The van der Waals surface area contributed by atoms with Gasteiger partial charge in [-0.1, -0.05) is 6.07 Å². The van der Waals surface area contributed by atoms with E-state index in [4.69, 9.17) is 0 Å². The summed E-state index contributed by atoms with van der Waals surface area (Å²) < 4.78 is 37.0. The highest BCUT2D eigenvalue weighted by atomic mass is 19.4. The molecule has 0 atom stereocenters. The fourth-order valence-corrected chi connectivity index (χ4v) is 2.21. The van der Waals surface area contributed by atoms with E-state index in [9.17, 15) is 32.9 Å². The summed E-state index contributed by atoms with van der Waals surface area (Å²) in [6.45, 7) is -0.532. The number of carbonyl (C=O) groups is 1. The Morgan fingerprint density at radius 3 is 2.58 bits per heavy atom. The summed E-state index contributed by atoms with van der Waals surface area (Å²) in [5.41, 5.74) is -0.614. The van der Waals surface area contributed by atoms with E-state index in [0.717, 1.165) is 4.57 Å². The molecule has 0 aliphatic rings. The van der Waals surface area contributed by atoms with Crippen LogP contribution in [0.3, 0.4) is 0 Å². The van der Waals surface area contributed by atoms with Crippen LogP contribution < -0.4 is 10.9 Å². The predicted molar refractivity (Wildman–Crippen MR) is 78.7 cm³/mol. The van der Waals surface area contributed by atoms with Gasteiger partial charge in [-0.3, -0.25) is 19.7 Å². The monoisotopic (exact) mass is 343 g/mol. The minimum atomic E-state index is -4.57. The van der Waals surface area contributed by atoms with Gasteiger partial charge in [-0.2, -0.15) is 13.2 Å². The molecule has 2 rings (SSSR count). The molecule has 0 spiro atoms. The van der Waals surface area contributed by atoms with Crippen LogP contribution in [-0.2, 0) is 11.3 Å². The molecule has 1 amide bonds. The average Bonchev–Trinajstić information content (AvgIpc) is 2.47. The summed E-state index contributed by atoms with van der Waals surface area (Å²) in [5.74, 6) is -1.02. The minimum Gasteiger partial charge on any atom is -0.345 e. The lowest BCUT2D eigenvalue weighted by molar-refractivity contribution is -0.383. The molecule has 1 aromatic heterocycles. The number of rotatable bonds is 4. The first-order chi connectivity index (χ1) is 11.1. The number of nitro groups is 1. The van der Waals surface area contributed by atoms with Crippen molar-refractivity contribution in [3.63, 3.8) is 0 Å². The van der Waals surface area contributed by atoms with Gasteiger partial charge >= 0.3 is 6.18 Å².